The first-order chi connectivity index (χ1) is 9.64. The van der Waals surface area contributed by atoms with Crippen LogP contribution >= 0.6 is 11.6 Å². The number of nitrogens with zero attached hydrogens (tertiary/aromatic N) is 2. The van der Waals surface area contributed by atoms with Crippen molar-refractivity contribution < 1.29 is 0 Å². The molecule has 3 nitrogen and oxygen atoms in total. The molecule has 2 rings (SSSR count). The van der Waals surface area contributed by atoms with Crippen LogP contribution in [0.2, 0.25) is 5.02 Å². The van der Waals surface area contributed by atoms with Gasteiger partial charge in [0.1, 0.15) is 0 Å². The number of hydrogen-bond donors (Lipinski definition) is 1. The SMILES string of the molecule is CCCNC(Cc1c(Cl)c(C)nn1C)C1C(C)(C)C1(C)C. The highest BCUT2D eigenvalue weighted by molar-refractivity contribution is 6.31. The molecule has 21 heavy (non-hydrogen) atoms. The molecular weight excluding hydrogens is 282 g/mol. The minimum absolute atomic E-state index is 0.374. The fourth-order valence-corrected chi connectivity index (χ4v) is 4.24. The van der Waals surface area contributed by atoms with Crippen molar-refractivity contribution in [3.8, 4) is 0 Å². The smallest absolute Gasteiger partial charge is 0.0847 e. The molecule has 1 saturated carbocycles. The number of hydrogen-bond acceptors (Lipinski definition) is 2. The molecule has 1 aliphatic carbocycles. The number of nitrogens with one attached hydrogen (secondary N) is 1. The lowest BCUT2D eigenvalue weighted by Gasteiger charge is -2.21. The third-order valence-electron chi connectivity index (χ3n) is 5.87. The van der Waals surface area contributed by atoms with Crippen LogP contribution in [0.25, 0.3) is 0 Å². The second-order valence-corrected chi connectivity index (χ2v) is 8.03. The summed E-state index contributed by atoms with van der Waals surface area (Å²) in [6.07, 6.45) is 2.11. The average molecular weight is 312 g/mol. The van der Waals surface area contributed by atoms with Crippen LogP contribution in [0.1, 0.15) is 52.4 Å². The van der Waals surface area contributed by atoms with Crippen molar-refractivity contribution in [1.82, 2.24) is 15.1 Å². The molecule has 1 atom stereocenters. The van der Waals surface area contributed by atoms with Crippen molar-refractivity contribution in [2.24, 2.45) is 23.8 Å². The molecule has 1 aromatic rings. The summed E-state index contributed by atoms with van der Waals surface area (Å²) in [7, 11) is 1.99. The van der Waals surface area contributed by atoms with E-state index in [9.17, 15) is 0 Å². The van der Waals surface area contributed by atoms with Crippen molar-refractivity contribution in [2.45, 2.75) is 60.4 Å². The molecule has 1 aliphatic rings. The van der Waals surface area contributed by atoms with Gasteiger partial charge in [0.05, 0.1) is 16.4 Å². The van der Waals surface area contributed by atoms with Crippen LogP contribution in [0.3, 0.4) is 0 Å². The number of aromatic nitrogens is 2. The van der Waals surface area contributed by atoms with Gasteiger partial charge in [0.25, 0.3) is 0 Å². The zero-order valence-corrected chi connectivity index (χ0v) is 15.3. The number of aryl methyl sites for hydroxylation is 2. The van der Waals surface area contributed by atoms with Gasteiger partial charge < -0.3 is 5.32 Å². The Balaban J connectivity index is 2.22. The minimum Gasteiger partial charge on any atom is -0.313 e. The molecule has 120 valence electrons. The Morgan fingerprint density at radius 3 is 2.24 bits per heavy atom. The third kappa shape index (κ3) is 2.75. The van der Waals surface area contributed by atoms with Crippen molar-refractivity contribution in [3.63, 3.8) is 0 Å². The maximum Gasteiger partial charge on any atom is 0.0847 e. The molecule has 1 aromatic heterocycles. The Morgan fingerprint density at radius 1 is 1.29 bits per heavy atom. The van der Waals surface area contributed by atoms with Gasteiger partial charge in [-0.3, -0.25) is 4.68 Å². The first kappa shape index (κ1) is 16.8. The highest BCUT2D eigenvalue weighted by Gasteiger charge is 2.66. The molecule has 1 N–H and O–H groups in total. The van der Waals surface area contributed by atoms with E-state index in [1.165, 1.54) is 0 Å². The number of rotatable bonds is 6. The first-order valence-electron chi connectivity index (χ1n) is 8.06. The Morgan fingerprint density at radius 2 is 1.86 bits per heavy atom. The molecule has 0 spiro atoms. The summed E-state index contributed by atoms with van der Waals surface area (Å²) in [4.78, 5) is 0. The van der Waals surface area contributed by atoms with E-state index in [0.717, 1.165) is 35.8 Å². The molecule has 0 saturated heterocycles. The molecule has 0 aromatic carbocycles. The Bertz CT molecular complexity index is 502. The lowest BCUT2D eigenvalue weighted by molar-refractivity contribution is 0.388. The van der Waals surface area contributed by atoms with E-state index in [4.69, 9.17) is 11.6 Å². The Labute approximate surface area is 134 Å². The van der Waals surface area contributed by atoms with Crippen LogP contribution in [0.5, 0.6) is 0 Å². The van der Waals surface area contributed by atoms with Crippen LogP contribution in [0.4, 0.5) is 0 Å². The molecule has 1 heterocycles. The second-order valence-electron chi connectivity index (χ2n) is 7.66. The molecular formula is C17H30ClN3. The van der Waals surface area contributed by atoms with Gasteiger partial charge in [-0.05, 0) is 36.6 Å². The fraction of sp³-hybridized carbons (Fsp3) is 0.824. The van der Waals surface area contributed by atoms with Crippen molar-refractivity contribution in [3.05, 3.63) is 16.4 Å². The Kier molecular flexibility index (Phi) is 4.47. The van der Waals surface area contributed by atoms with E-state index in [1.54, 1.807) is 0 Å². The molecule has 0 bridgehead atoms. The van der Waals surface area contributed by atoms with Gasteiger partial charge in [0.15, 0.2) is 0 Å². The topological polar surface area (TPSA) is 29.9 Å². The first-order valence-corrected chi connectivity index (χ1v) is 8.43. The summed E-state index contributed by atoms with van der Waals surface area (Å²) in [5.74, 6) is 0.669. The third-order valence-corrected chi connectivity index (χ3v) is 6.36. The number of halogens is 1. The summed E-state index contributed by atoms with van der Waals surface area (Å²) in [5, 5.41) is 9.04. The van der Waals surface area contributed by atoms with E-state index in [-0.39, 0.29) is 0 Å². The predicted molar refractivity (Wildman–Crippen MR) is 89.8 cm³/mol. The Hall–Kier alpha value is -0.540. The summed E-state index contributed by atoms with van der Waals surface area (Å²) < 4.78 is 1.95. The summed E-state index contributed by atoms with van der Waals surface area (Å²) in [5.41, 5.74) is 2.83. The van der Waals surface area contributed by atoms with Gasteiger partial charge in [0, 0.05) is 19.5 Å². The van der Waals surface area contributed by atoms with E-state index in [0.29, 0.717) is 22.8 Å². The van der Waals surface area contributed by atoms with Crippen LogP contribution in [0.15, 0.2) is 0 Å². The average Bonchev–Trinajstić information content (AvgIpc) is 2.65. The molecule has 4 heteroatoms. The minimum atomic E-state index is 0.374. The quantitative estimate of drug-likeness (QED) is 0.861. The van der Waals surface area contributed by atoms with Gasteiger partial charge in [0.2, 0.25) is 0 Å². The summed E-state index contributed by atoms with van der Waals surface area (Å²) in [6.45, 7) is 14.8. The van der Waals surface area contributed by atoms with Crippen LogP contribution < -0.4 is 5.32 Å². The lowest BCUT2D eigenvalue weighted by atomic mass is 9.99. The largest absolute Gasteiger partial charge is 0.313 e. The molecule has 0 amide bonds. The maximum atomic E-state index is 6.45. The highest BCUT2D eigenvalue weighted by atomic mass is 35.5. The highest BCUT2D eigenvalue weighted by Crippen LogP contribution is 2.69. The molecule has 1 unspecified atom stereocenters. The zero-order chi connectivity index (χ0) is 16.0. The normalized spacial score (nSPS) is 21.5. The van der Waals surface area contributed by atoms with Crippen LogP contribution in [-0.4, -0.2) is 22.4 Å². The molecule has 0 radical (unpaired) electrons. The van der Waals surface area contributed by atoms with Crippen molar-refractivity contribution in [2.75, 3.05) is 6.54 Å². The van der Waals surface area contributed by atoms with E-state index in [2.05, 4.69) is 45.0 Å². The van der Waals surface area contributed by atoms with Crippen LogP contribution in [-0.2, 0) is 13.5 Å². The monoisotopic (exact) mass is 311 g/mol. The fourth-order valence-electron chi connectivity index (χ4n) is 4.00. The standard InChI is InChI=1S/C17H30ClN3/c1-8-9-19-12(15-16(3,4)17(15,5)6)10-13-14(18)11(2)20-21(13)7/h12,15,19H,8-10H2,1-7H3. The zero-order valence-electron chi connectivity index (χ0n) is 14.5. The summed E-state index contributed by atoms with van der Waals surface area (Å²) >= 11 is 6.45. The van der Waals surface area contributed by atoms with Gasteiger partial charge in [-0.15, -0.1) is 0 Å². The van der Waals surface area contributed by atoms with Gasteiger partial charge >= 0.3 is 0 Å². The van der Waals surface area contributed by atoms with Crippen LogP contribution in [0, 0.1) is 23.7 Å². The van der Waals surface area contributed by atoms with E-state index >= 15 is 0 Å². The second kappa shape index (κ2) is 5.58. The maximum absolute atomic E-state index is 6.45. The van der Waals surface area contributed by atoms with Gasteiger partial charge in [-0.25, -0.2) is 0 Å². The van der Waals surface area contributed by atoms with Crippen molar-refractivity contribution in [1.29, 1.82) is 0 Å². The summed E-state index contributed by atoms with van der Waals surface area (Å²) in [6, 6.07) is 0.460. The molecule has 1 fully saturated rings. The van der Waals surface area contributed by atoms with Crippen molar-refractivity contribution >= 4 is 11.6 Å². The predicted octanol–water partition coefficient (Wildman–Crippen LogP) is 3.97. The molecule has 0 aliphatic heterocycles. The van der Waals surface area contributed by atoms with E-state index < -0.39 is 0 Å². The van der Waals surface area contributed by atoms with Gasteiger partial charge in [-0.2, -0.15) is 5.10 Å². The lowest BCUT2D eigenvalue weighted by Crippen LogP contribution is -2.36. The van der Waals surface area contributed by atoms with Gasteiger partial charge in [-0.1, -0.05) is 46.2 Å². The van der Waals surface area contributed by atoms with E-state index in [1.807, 2.05) is 18.7 Å².